The van der Waals surface area contributed by atoms with Gasteiger partial charge in [0.1, 0.15) is 5.75 Å². The van der Waals surface area contributed by atoms with Crippen molar-refractivity contribution in [1.29, 1.82) is 0 Å². The average Bonchev–Trinajstić information content (AvgIpc) is 2.17. The van der Waals surface area contributed by atoms with Gasteiger partial charge in [-0.25, -0.2) is 0 Å². The minimum Gasteiger partial charge on any atom is -0.493 e. The number of hydrogen-bond acceptors (Lipinski definition) is 3. The minimum absolute atomic E-state index is 0.547. The molecule has 0 fully saturated rings. The van der Waals surface area contributed by atoms with Crippen molar-refractivity contribution < 1.29 is 4.74 Å². The van der Waals surface area contributed by atoms with E-state index in [0.717, 1.165) is 24.5 Å². The summed E-state index contributed by atoms with van der Waals surface area (Å²) >= 11 is 0. The number of nitrogens with zero attached hydrogens (tertiary/aromatic N) is 1. The number of hydrogen-bond donors (Lipinski definition) is 1. The van der Waals surface area contributed by atoms with Crippen molar-refractivity contribution in [2.75, 3.05) is 13.7 Å². The van der Waals surface area contributed by atoms with Gasteiger partial charge in [0.2, 0.25) is 0 Å². The van der Waals surface area contributed by atoms with Gasteiger partial charge in [-0.15, -0.1) is 0 Å². The van der Waals surface area contributed by atoms with E-state index in [4.69, 9.17) is 4.74 Å². The summed E-state index contributed by atoms with van der Waals surface area (Å²) in [6, 6.07) is 1.91. The molecular weight excluding hydrogens is 176 g/mol. The maximum Gasteiger partial charge on any atom is 0.126 e. The van der Waals surface area contributed by atoms with E-state index in [9.17, 15) is 0 Å². The van der Waals surface area contributed by atoms with E-state index in [-0.39, 0.29) is 0 Å². The van der Waals surface area contributed by atoms with E-state index in [0.29, 0.717) is 5.92 Å². The Balaban J connectivity index is 2.64. The SMILES string of the molecule is CNCc1cnccc1OCC(C)C. The van der Waals surface area contributed by atoms with E-state index >= 15 is 0 Å². The maximum absolute atomic E-state index is 5.67. The van der Waals surface area contributed by atoms with Crippen LogP contribution in [0, 0.1) is 5.92 Å². The van der Waals surface area contributed by atoms with Crippen molar-refractivity contribution in [2.45, 2.75) is 20.4 Å². The van der Waals surface area contributed by atoms with Gasteiger partial charge < -0.3 is 10.1 Å². The Bertz CT molecular complexity index is 274. The van der Waals surface area contributed by atoms with E-state index in [1.807, 2.05) is 19.3 Å². The quantitative estimate of drug-likeness (QED) is 0.776. The molecule has 0 aliphatic heterocycles. The van der Waals surface area contributed by atoms with Crippen LogP contribution in [-0.4, -0.2) is 18.6 Å². The van der Waals surface area contributed by atoms with Crippen LogP contribution < -0.4 is 10.1 Å². The highest BCUT2D eigenvalue weighted by molar-refractivity contribution is 5.29. The summed E-state index contributed by atoms with van der Waals surface area (Å²) in [6.07, 6.45) is 3.60. The average molecular weight is 194 g/mol. The van der Waals surface area contributed by atoms with Crippen molar-refractivity contribution in [3.8, 4) is 5.75 Å². The van der Waals surface area contributed by atoms with Gasteiger partial charge in [0.05, 0.1) is 6.61 Å². The molecule has 78 valence electrons. The lowest BCUT2D eigenvalue weighted by molar-refractivity contribution is 0.268. The molecule has 3 heteroatoms. The molecule has 0 bridgehead atoms. The summed E-state index contributed by atoms with van der Waals surface area (Å²) in [6.45, 7) is 5.82. The Morgan fingerprint density at radius 1 is 1.50 bits per heavy atom. The Kier molecular flexibility index (Phi) is 4.40. The zero-order chi connectivity index (χ0) is 10.4. The highest BCUT2D eigenvalue weighted by Crippen LogP contribution is 2.16. The molecule has 14 heavy (non-hydrogen) atoms. The van der Waals surface area contributed by atoms with Gasteiger partial charge in [0, 0.05) is 24.5 Å². The molecule has 0 aliphatic carbocycles. The highest BCUT2D eigenvalue weighted by atomic mass is 16.5. The minimum atomic E-state index is 0.547. The summed E-state index contributed by atoms with van der Waals surface area (Å²) < 4.78 is 5.67. The van der Waals surface area contributed by atoms with Gasteiger partial charge in [-0.3, -0.25) is 4.98 Å². The molecule has 0 unspecified atom stereocenters. The Labute approximate surface area is 85.5 Å². The van der Waals surface area contributed by atoms with Crippen LogP contribution in [0.3, 0.4) is 0 Å². The van der Waals surface area contributed by atoms with Gasteiger partial charge in [-0.1, -0.05) is 13.8 Å². The summed E-state index contributed by atoms with van der Waals surface area (Å²) in [7, 11) is 1.92. The van der Waals surface area contributed by atoms with Gasteiger partial charge in [0.15, 0.2) is 0 Å². The van der Waals surface area contributed by atoms with Gasteiger partial charge >= 0.3 is 0 Å². The van der Waals surface area contributed by atoms with E-state index < -0.39 is 0 Å². The predicted molar refractivity (Wildman–Crippen MR) is 57.3 cm³/mol. The fraction of sp³-hybridized carbons (Fsp3) is 0.545. The van der Waals surface area contributed by atoms with Gasteiger partial charge in [0.25, 0.3) is 0 Å². The van der Waals surface area contributed by atoms with Crippen LogP contribution in [0.1, 0.15) is 19.4 Å². The molecule has 1 aromatic heterocycles. The summed E-state index contributed by atoms with van der Waals surface area (Å²) in [5.74, 6) is 1.48. The number of nitrogens with one attached hydrogen (secondary N) is 1. The fourth-order valence-corrected chi connectivity index (χ4v) is 1.13. The molecule has 0 aliphatic rings. The molecule has 0 saturated carbocycles. The maximum atomic E-state index is 5.67. The standard InChI is InChI=1S/C11H18N2O/c1-9(2)8-14-11-4-5-13-7-10(11)6-12-3/h4-5,7,9,12H,6,8H2,1-3H3. The number of ether oxygens (including phenoxy) is 1. The molecule has 0 spiro atoms. The second-order valence-corrected chi connectivity index (χ2v) is 3.72. The molecule has 1 heterocycles. The lowest BCUT2D eigenvalue weighted by Crippen LogP contribution is -2.10. The largest absolute Gasteiger partial charge is 0.493 e. The monoisotopic (exact) mass is 194 g/mol. The molecule has 0 saturated heterocycles. The topological polar surface area (TPSA) is 34.2 Å². The van der Waals surface area contributed by atoms with Crippen LogP contribution in [0.5, 0.6) is 5.75 Å². The second-order valence-electron chi connectivity index (χ2n) is 3.72. The summed E-state index contributed by atoms with van der Waals surface area (Å²) in [5.41, 5.74) is 1.11. The van der Waals surface area contributed by atoms with Crippen molar-refractivity contribution in [2.24, 2.45) is 5.92 Å². The Morgan fingerprint density at radius 3 is 2.93 bits per heavy atom. The molecule has 0 radical (unpaired) electrons. The molecule has 1 aromatic rings. The lowest BCUT2D eigenvalue weighted by Gasteiger charge is -2.12. The third kappa shape index (κ3) is 3.34. The zero-order valence-corrected chi connectivity index (χ0v) is 9.08. The van der Waals surface area contributed by atoms with Crippen molar-refractivity contribution in [1.82, 2.24) is 10.3 Å². The zero-order valence-electron chi connectivity index (χ0n) is 9.08. The van der Waals surface area contributed by atoms with E-state index in [2.05, 4.69) is 24.1 Å². The normalized spacial score (nSPS) is 10.6. The van der Waals surface area contributed by atoms with Crippen LogP contribution in [0.15, 0.2) is 18.5 Å². The van der Waals surface area contributed by atoms with Crippen LogP contribution in [-0.2, 0) is 6.54 Å². The molecule has 0 atom stereocenters. The molecule has 1 N–H and O–H groups in total. The summed E-state index contributed by atoms with van der Waals surface area (Å²) in [4.78, 5) is 4.07. The van der Waals surface area contributed by atoms with Gasteiger partial charge in [-0.2, -0.15) is 0 Å². The van der Waals surface area contributed by atoms with Crippen molar-refractivity contribution >= 4 is 0 Å². The highest BCUT2D eigenvalue weighted by Gasteiger charge is 2.03. The first kappa shape index (κ1) is 11.0. The summed E-state index contributed by atoms with van der Waals surface area (Å²) in [5, 5.41) is 3.09. The Morgan fingerprint density at radius 2 is 2.29 bits per heavy atom. The number of pyridine rings is 1. The van der Waals surface area contributed by atoms with Crippen LogP contribution >= 0.6 is 0 Å². The molecular formula is C11H18N2O. The molecule has 0 amide bonds. The third-order valence-corrected chi connectivity index (χ3v) is 1.80. The van der Waals surface area contributed by atoms with Crippen molar-refractivity contribution in [3.05, 3.63) is 24.0 Å². The number of aromatic nitrogens is 1. The smallest absolute Gasteiger partial charge is 0.126 e. The first-order valence-electron chi connectivity index (χ1n) is 4.94. The lowest BCUT2D eigenvalue weighted by atomic mass is 10.2. The van der Waals surface area contributed by atoms with Crippen molar-refractivity contribution in [3.63, 3.8) is 0 Å². The van der Waals surface area contributed by atoms with E-state index in [1.54, 1.807) is 6.20 Å². The molecule has 0 aromatic carbocycles. The first-order valence-corrected chi connectivity index (χ1v) is 4.94. The second kappa shape index (κ2) is 5.60. The van der Waals surface area contributed by atoms with Crippen LogP contribution in [0.25, 0.3) is 0 Å². The molecule has 3 nitrogen and oxygen atoms in total. The fourth-order valence-electron chi connectivity index (χ4n) is 1.13. The molecule has 1 rings (SSSR count). The Hall–Kier alpha value is -1.09. The number of rotatable bonds is 5. The van der Waals surface area contributed by atoms with Gasteiger partial charge in [-0.05, 0) is 19.0 Å². The van der Waals surface area contributed by atoms with Crippen LogP contribution in [0.2, 0.25) is 0 Å². The van der Waals surface area contributed by atoms with Crippen LogP contribution in [0.4, 0.5) is 0 Å². The van der Waals surface area contributed by atoms with E-state index in [1.165, 1.54) is 0 Å². The third-order valence-electron chi connectivity index (χ3n) is 1.80. The first-order chi connectivity index (χ1) is 6.74. The predicted octanol–water partition coefficient (Wildman–Crippen LogP) is 1.84.